The SMILES string of the molecule is CC.CC.O=C(OCc1ccccc1)N1CC(=O)N2[C@@H](C[C@@H]3CCCCC[C@H]32)C1. The Hall–Kier alpha value is -2.04. The molecule has 0 bridgehead atoms. The van der Waals surface area contributed by atoms with Crippen LogP contribution < -0.4 is 0 Å². The molecule has 3 fully saturated rings. The van der Waals surface area contributed by atoms with E-state index in [1.807, 2.05) is 58.0 Å². The smallest absolute Gasteiger partial charge is 0.410 e. The van der Waals surface area contributed by atoms with Gasteiger partial charge < -0.3 is 9.64 Å². The van der Waals surface area contributed by atoms with Crippen molar-refractivity contribution >= 4 is 12.0 Å². The molecule has 0 aromatic heterocycles. The van der Waals surface area contributed by atoms with Crippen molar-refractivity contribution in [2.45, 2.75) is 84.9 Å². The predicted octanol–water partition coefficient (Wildman–Crippen LogP) is 5.24. The van der Waals surface area contributed by atoms with E-state index in [4.69, 9.17) is 4.74 Å². The van der Waals surface area contributed by atoms with Crippen molar-refractivity contribution in [2.75, 3.05) is 13.1 Å². The van der Waals surface area contributed by atoms with Crippen LogP contribution in [0.25, 0.3) is 0 Å². The zero-order chi connectivity index (χ0) is 21.2. The Balaban J connectivity index is 0.000000707. The van der Waals surface area contributed by atoms with Gasteiger partial charge in [-0.15, -0.1) is 0 Å². The van der Waals surface area contributed by atoms with Crippen molar-refractivity contribution in [1.29, 1.82) is 0 Å². The lowest BCUT2D eigenvalue weighted by Gasteiger charge is -2.39. The van der Waals surface area contributed by atoms with E-state index < -0.39 is 0 Å². The van der Waals surface area contributed by atoms with E-state index in [2.05, 4.69) is 4.90 Å². The maximum absolute atomic E-state index is 12.7. The van der Waals surface area contributed by atoms with Crippen molar-refractivity contribution in [2.24, 2.45) is 5.92 Å². The number of piperazine rings is 1. The Labute approximate surface area is 176 Å². The van der Waals surface area contributed by atoms with Crippen LogP contribution in [0.3, 0.4) is 0 Å². The van der Waals surface area contributed by atoms with Gasteiger partial charge in [-0.25, -0.2) is 4.79 Å². The van der Waals surface area contributed by atoms with E-state index in [1.54, 1.807) is 4.90 Å². The minimum Gasteiger partial charge on any atom is -0.445 e. The zero-order valence-corrected chi connectivity index (χ0v) is 18.6. The summed E-state index contributed by atoms with van der Waals surface area (Å²) in [5.41, 5.74) is 0.962. The van der Waals surface area contributed by atoms with E-state index in [-0.39, 0.29) is 31.2 Å². The van der Waals surface area contributed by atoms with Gasteiger partial charge >= 0.3 is 6.09 Å². The van der Waals surface area contributed by atoms with Gasteiger partial charge in [-0.1, -0.05) is 77.3 Å². The number of hydrogen-bond acceptors (Lipinski definition) is 3. The van der Waals surface area contributed by atoms with Crippen molar-refractivity contribution in [3.63, 3.8) is 0 Å². The third-order valence-corrected chi connectivity index (χ3v) is 5.95. The first-order valence-electron chi connectivity index (χ1n) is 11.5. The molecule has 1 aromatic carbocycles. The lowest BCUT2D eigenvalue weighted by Crippen LogP contribution is -2.57. The Morgan fingerprint density at radius 3 is 2.45 bits per heavy atom. The quantitative estimate of drug-likeness (QED) is 0.680. The number of carbonyl (C=O) groups excluding carboxylic acids is 2. The number of benzene rings is 1. The average molecular weight is 403 g/mol. The van der Waals surface area contributed by atoms with E-state index in [1.165, 1.54) is 25.7 Å². The first-order valence-corrected chi connectivity index (χ1v) is 11.5. The van der Waals surface area contributed by atoms with Crippen LogP contribution in [0.1, 0.15) is 71.8 Å². The largest absolute Gasteiger partial charge is 0.445 e. The standard InChI is InChI=1S/C20H26N2O3.2C2H6/c23-19-13-21(20(24)25-14-15-7-3-1-4-8-15)12-17-11-16-9-5-2-6-10-18(16)22(17)19;2*1-2/h1,3-4,7-8,16-18H,2,5-6,9-14H2;2*1-2H3/t16-,17-,18+;;/m0../s1. The highest BCUT2D eigenvalue weighted by Crippen LogP contribution is 2.40. The molecule has 3 atom stereocenters. The van der Waals surface area contributed by atoms with Crippen LogP contribution in [-0.4, -0.2) is 47.0 Å². The summed E-state index contributed by atoms with van der Waals surface area (Å²) in [4.78, 5) is 28.8. The lowest BCUT2D eigenvalue weighted by atomic mass is 9.94. The van der Waals surface area contributed by atoms with Crippen LogP contribution in [0.15, 0.2) is 30.3 Å². The summed E-state index contributed by atoms with van der Waals surface area (Å²) < 4.78 is 5.42. The lowest BCUT2D eigenvalue weighted by molar-refractivity contribution is -0.139. The van der Waals surface area contributed by atoms with Crippen molar-refractivity contribution in [1.82, 2.24) is 9.80 Å². The number of fused-ring (bicyclic) bond motifs is 3. The molecule has 2 amide bonds. The van der Waals surface area contributed by atoms with E-state index >= 15 is 0 Å². The molecule has 29 heavy (non-hydrogen) atoms. The fraction of sp³-hybridized carbons (Fsp3) is 0.667. The second-order valence-electron chi connectivity index (χ2n) is 7.58. The predicted molar refractivity (Wildman–Crippen MR) is 117 cm³/mol. The van der Waals surface area contributed by atoms with E-state index in [0.29, 0.717) is 18.5 Å². The summed E-state index contributed by atoms with van der Waals surface area (Å²) in [6.07, 6.45) is 6.81. The molecule has 4 rings (SSSR count). The van der Waals surface area contributed by atoms with Gasteiger partial charge in [-0.2, -0.15) is 0 Å². The number of carbonyl (C=O) groups is 2. The van der Waals surface area contributed by atoms with Gasteiger partial charge in [0.1, 0.15) is 13.2 Å². The first-order chi connectivity index (χ1) is 14.2. The second-order valence-corrected chi connectivity index (χ2v) is 7.58. The highest BCUT2D eigenvalue weighted by atomic mass is 16.6. The topological polar surface area (TPSA) is 49.9 Å². The van der Waals surface area contributed by atoms with Gasteiger partial charge in [0.25, 0.3) is 0 Å². The highest BCUT2D eigenvalue weighted by Gasteiger charge is 2.47. The maximum atomic E-state index is 12.7. The monoisotopic (exact) mass is 402 g/mol. The summed E-state index contributed by atoms with van der Waals surface area (Å²) in [5.74, 6) is 0.721. The number of rotatable bonds is 2. The van der Waals surface area contributed by atoms with Crippen LogP contribution in [-0.2, 0) is 16.1 Å². The molecule has 0 radical (unpaired) electrons. The summed E-state index contributed by atoms with van der Waals surface area (Å²) in [5, 5.41) is 0. The zero-order valence-electron chi connectivity index (χ0n) is 18.6. The Morgan fingerprint density at radius 2 is 1.72 bits per heavy atom. The van der Waals surface area contributed by atoms with Crippen molar-refractivity contribution in [3.05, 3.63) is 35.9 Å². The van der Waals surface area contributed by atoms with Gasteiger partial charge in [-0.3, -0.25) is 9.69 Å². The molecule has 0 spiro atoms. The minimum atomic E-state index is -0.371. The number of ether oxygens (including phenoxy) is 1. The van der Waals surface area contributed by atoms with E-state index in [0.717, 1.165) is 18.4 Å². The fourth-order valence-electron chi connectivity index (χ4n) is 4.80. The molecule has 1 aromatic rings. The van der Waals surface area contributed by atoms with E-state index in [9.17, 15) is 9.59 Å². The first kappa shape index (κ1) is 23.2. The van der Waals surface area contributed by atoms with Crippen molar-refractivity contribution < 1.29 is 14.3 Å². The molecule has 162 valence electrons. The van der Waals surface area contributed by atoms with Crippen LogP contribution in [0.5, 0.6) is 0 Å². The van der Waals surface area contributed by atoms with Crippen molar-refractivity contribution in [3.8, 4) is 0 Å². The van der Waals surface area contributed by atoms with Gasteiger partial charge in [-0.05, 0) is 30.7 Å². The summed E-state index contributed by atoms with van der Waals surface area (Å²) in [6.45, 7) is 9.03. The molecular formula is C24H38N2O3. The summed E-state index contributed by atoms with van der Waals surface area (Å²) in [7, 11) is 0. The normalized spacial score (nSPS) is 25.4. The summed E-state index contributed by atoms with van der Waals surface area (Å²) >= 11 is 0. The third kappa shape index (κ3) is 5.74. The van der Waals surface area contributed by atoms with Gasteiger partial charge in [0.05, 0.1) is 6.04 Å². The molecule has 0 N–H and O–H groups in total. The van der Waals surface area contributed by atoms with Crippen LogP contribution in [0, 0.1) is 5.92 Å². The third-order valence-electron chi connectivity index (χ3n) is 5.95. The summed E-state index contributed by atoms with van der Waals surface area (Å²) in [6, 6.07) is 10.2. The van der Waals surface area contributed by atoms with Gasteiger partial charge in [0.2, 0.25) is 5.91 Å². The molecule has 2 saturated heterocycles. The Morgan fingerprint density at radius 1 is 1.03 bits per heavy atom. The Bertz CT molecular complexity index is 634. The van der Waals surface area contributed by atoms with Crippen LogP contribution >= 0.6 is 0 Å². The molecule has 5 heteroatoms. The maximum Gasteiger partial charge on any atom is 0.410 e. The fourth-order valence-corrected chi connectivity index (χ4v) is 4.80. The van der Waals surface area contributed by atoms with Crippen LogP contribution in [0.2, 0.25) is 0 Å². The molecule has 5 nitrogen and oxygen atoms in total. The second kappa shape index (κ2) is 11.8. The minimum absolute atomic E-state index is 0.0994. The number of amides is 2. The molecule has 2 aliphatic heterocycles. The number of hydrogen-bond donors (Lipinski definition) is 0. The van der Waals surface area contributed by atoms with Gasteiger partial charge in [0, 0.05) is 12.6 Å². The molecule has 1 saturated carbocycles. The number of nitrogens with zero attached hydrogens (tertiary/aromatic N) is 2. The molecule has 3 aliphatic rings. The molecule has 2 heterocycles. The van der Waals surface area contributed by atoms with Gasteiger partial charge in [0.15, 0.2) is 0 Å². The molecule has 0 unspecified atom stereocenters. The highest BCUT2D eigenvalue weighted by molar-refractivity contribution is 5.84. The Kier molecular flexibility index (Phi) is 9.49. The average Bonchev–Trinajstić information content (AvgIpc) is 2.97. The molecular weight excluding hydrogens is 364 g/mol. The molecule has 1 aliphatic carbocycles. The van der Waals surface area contributed by atoms with Crippen LogP contribution in [0.4, 0.5) is 4.79 Å².